The van der Waals surface area contributed by atoms with Crippen molar-refractivity contribution in [3.05, 3.63) is 130 Å². The van der Waals surface area contributed by atoms with E-state index in [0.717, 1.165) is 0 Å². The molecule has 0 bridgehead atoms. The molecule has 4 N–H and O–H groups in total. The molecule has 236 valence electrons. The summed E-state index contributed by atoms with van der Waals surface area (Å²) in [5.74, 6) is -2.31. The highest BCUT2D eigenvalue weighted by Crippen LogP contribution is 2.31. The van der Waals surface area contributed by atoms with Crippen molar-refractivity contribution in [1.29, 1.82) is 0 Å². The van der Waals surface area contributed by atoms with Crippen molar-refractivity contribution in [2.45, 2.75) is 48.7 Å². The number of sulfonamides is 1. The number of hydrogen-bond donors (Lipinski definition) is 3. The van der Waals surface area contributed by atoms with Gasteiger partial charge in [0.1, 0.15) is 11.6 Å². The van der Waals surface area contributed by atoms with E-state index >= 15 is 4.39 Å². The number of carbonyl (C=O) groups is 1. The largest absolute Gasteiger partial charge is 0.324 e. The summed E-state index contributed by atoms with van der Waals surface area (Å²) in [6.45, 7) is 2.72. The van der Waals surface area contributed by atoms with Crippen molar-refractivity contribution in [3.8, 4) is 0 Å². The van der Waals surface area contributed by atoms with Gasteiger partial charge in [-0.2, -0.15) is 4.31 Å². The first-order chi connectivity index (χ1) is 21.6. The van der Waals surface area contributed by atoms with Crippen molar-refractivity contribution in [1.82, 2.24) is 9.62 Å². The van der Waals surface area contributed by atoms with E-state index in [4.69, 9.17) is 17.3 Å². The topological polar surface area (TPSA) is 105 Å². The molecule has 4 atom stereocenters. The molecule has 5 rings (SSSR count). The van der Waals surface area contributed by atoms with Gasteiger partial charge in [0, 0.05) is 47.4 Å². The quantitative estimate of drug-likeness (QED) is 0.204. The molecule has 1 amide bonds. The average molecular weight is 653 g/mol. The first-order valence-electron chi connectivity index (χ1n) is 14.7. The minimum absolute atomic E-state index is 0.155. The number of carbonyl (C=O) groups excluding carboxylic acids is 1. The third-order valence-electron chi connectivity index (χ3n) is 8.14. The van der Waals surface area contributed by atoms with Crippen LogP contribution in [-0.2, 0) is 21.2 Å². The van der Waals surface area contributed by atoms with Crippen LogP contribution < -0.4 is 16.4 Å². The van der Waals surface area contributed by atoms with Gasteiger partial charge in [-0.3, -0.25) is 4.79 Å². The fraction of sp³-hybridized carbons (Fsp3) is 0.265. The van der Waals surface area contributed by atoms with Gasteiger partial charge < -0.3 is 16.4 Å². The van der Waals surface area contributed by atoms with Crippen LogP contribution in [0, 0.1) is 11.6 Å². The SMILES string of the molecule is C[C@H]1CNC[C@H](CCc2c(F)cccc2NC(=O)[C@@H](N)[C@@H](c2ccc(Cl)cc2)c2cccc(F)c2)N1S(=O)(=O)c1ccccc1. The first kappa shape index (κ1) is 32.7. The maximum Gasteiger partial charge on any atom is 0.243 e. The standard InChI is InChI=1S/C34H35ClF2N4O3S/c1-22-20-39-21-27(41(22)45(43,44)28-9-3-2-4-10-28)17-18-29-30(37)11-6-12-31(29)40-34(42)33(38)32(23-13-15-25(35)16-14-23)24-7-5-8-26(36)19-24/h2-16,19,22,27,32-33,39H,17-18,20-21,38H2,1H3,(H,40,42)/t22-,27-,32-,33-/m0/s1. The lowest BCUT2D eigenvalue weighted by molar-refractivity contribution is -0.117. The van der Waals surface area contributed by atoms with Gasteiger partial charge in [-0.05, 0) is 79.4 Å². The van der Waals surface area contributed by atoms with Crippen LogP contribution in [0.2, 0.25) is 5.02 Å². The Balaban J connectivity index is 1.38. The van der Waals surface area contributed by atoms with E-state index in [9.17, 15) is 17.6 Å². The lowest BCUT2D eigenvalue weighted by Gasteiger charge is -2.40. The van der Waals surface area contributed by atoms with Crippen LogP contribution >= 0.6 is 11.6 Å². The summed E-state index contributed by atoms with van der Waals surface area (Å²) in [6, 6.07) is 23.3. The molecule has 0 spiro atoms. The Morgan fingerprint density at radius 2 is 1.69 bits per heavy atom. The Hall–Kier alpha value is -3.67. The summed E-state index contributed by atoms with van der Waals surface area (Å²) in [6.07, 6.45) is 0.456. The molecule has 0 aromatic heterocycles. The van der Waals surface area contributed by atoms with Crippen molar-refractivity contribution in [2.75, 3.05) is 18.4 Å². The second-order valence-electron chi connectivity index (χ2n) is 11.2. The normalized spacial score (nSPS) is 18.7. The number of nitrogens with one attached hydrogen (secondary N) is 2. The second-order valence-corrected chi connectivity index (χ2v) is 13.5. The number of piperazine rings is 1. The summed E-state index contributed by atoms with van der Waals surface area (Å²) in [5.41, 5.74) is 8.16. The fourth-order valence-electron chi connectivity index (χ4n) is 5.96. The molecule has 4 aromatic rings. The molecule has 0 saturated carbocycles. The van der Waals surface area contributed by atoms with E-state index in [1.807, 2.05) is 6.92 Å². The molecule has 1 saturated heterocycles. The molecule has 0 radical (unpaired) electrons. The van der Waals surface area contributed by atoms with E-state index in [1.54, 1.807) is 72.8 Å². The van der Waals surface area contributed by atoms with Crippen molar-refractivity contribution in [3.63, 3.8) is 0 Å². The van der Waals surface area contributed by atoms with Gasteiger partial charge in [-0.1, -0.05) is 60.1 Å². The van der Waals surface area contributed by atoms with E-state index < -0.39 is 45.6 Å². The van der Waals surface area contributed by atoms with Crippen LogP contribution in [-0.4, -0.2) is 49.8 Å². The minimum atomic E-state index is -3.81. The predicted octanol–water partition coefficient (Wildman–Crippen LogP) is 5.70. The summed E-state index contributed by atoms with van der Waals surface area (Å²) in [4.78, 5) is 13.8. The third-order valence-corrected chi connectivity index (χ3v) is 10.5. The molecular formula is C34H35ClF2N4O3S. The third kappa shape index (κ3) is 7.43. The van der Waals surface area contributed by atoms with Gasteiger partial charge in [0.05, 0.1) is 10.9 Å². The Kier molecular flexibility index (Phi) is 10.3. The second kappa shape index (κ2) is 14.2. The maximum absolute atomic E-state index is 15.3. The Morgan fingerprint density at radius 1 is 0.978 bits per heavy atom. The first-order valence-corrected chi connectivity index (χ1v) is 16.5. The van der Waals surface area contributed by atoms with Gasteiger partial charge >= 0.3 is 0 Å². The number of amides is 1. The lowest BCUT2D eigenvalue weighted by atomic mass is 9.85. The number of benzene rings is 4. The van der Waals surface area contributed by atoms with Crippen molar-refractivity contribution < 1.29 is 22.0 Å². The number of nitrogens with two attached hydrogens (primary N) is 1. The zero-order chi connectivity index (χ0) is 32.1. The average Bonchev–Trinajstić information content (AvgIpc) is 3.02. The van der Waals surface area contributed by atoms with Crippen molar-refractivity contribution in [2.24, 2.45) is 5.73 Å². The highest BCUT2D eigenvalue weighted by atomic mass is 35.5. The molecule has 7 nitrogen and oxygen atoms in total. The number of halogens is 3. The molecule has 11 heteroatoms. The van der Waals surface area contributed by atoms with E-state index in [2.05, 4.69) is 10.6 Å². The Morgan fingerprint density at radius 3 is 2.40 bits per heavy atom. The molecular weight excluding hydrogens is 618 g/mol. The van der Waals surface area contributed by atoms with E-state index in [0.29, 0.717) is 35.7 Å². The molecule has 0 unspecified atom stereocenters. The Labute approximate surface area is 267 Å². The van der Waals surface area contributed by atoms with Crippen LogP contribution in [0.15, 0.2) is 102 Å². The molecule has 4 aromatic carbocycles. The summed E-state index contributed by atoms with van der Waals surface area (Å²) >= 11 is 6.08. The zero-order valence-electron chi connectivity index (χ0n) is 24.7. The van der Waals surface area contributed by atoms with Crippen molar-refractivity contribution >= 4 is 33.2 Å². The highest BCUT2D eigenvalue weighted by Gasteiger charge is 2.38. The minimum Gasteiger partial charge on any atom is -0.324 e. The van der Waals surface area contributed by atoms with E-state index in [1.165, 1.54) is 28.6 Å². The van der Waals surface area contributed by atoms with E-state index in [-0.39, 0.29) is 28.6 Å². The highest BCUT2D eigenvalue weighted by molar-refractivity contribution is 7.89. The summed E-state index contributed by atoms with van der Waals surface area (Å²) in [5, 5.41) is 6.57. The van der Waals surface area contributed by atoms with Gasteiger partial charge in [0.2, 0.25) is 15.9 Å². The van der Waals surface area contributed by atoms with Crippen LogP contribution in [0.5, 0.6) is 0 Å². The van der Waals surface area contributed by atoms with Crippen LogP contribution in [0.25, 0.3) is 0 Å². The predicted molar refractivity (Wildman–Crippen MR) is 173 cm³/mol. The molecule has 0 aliphatic carbocycles. The zero-order valence-corrected chi connectivity index (χ0v) is 26.2. The number of nitrogens with zero attached hydrogens (tertiary/aromatic N) is 1. The summed E-state index contributed by atoms with van der Waals surface area (Å²) in [7, 11) is -3.81. The molecule has 1 aliphatic heterocycles. The lowest BCUT2D eigenvalue weighted by Crippen LogP contribution is -2.58. The molecule has 45 heavy (non-hydrogen) atoms. The van der Waals surface area contributed by atoms with Gasteiger partial charge in [0.25, 0.3) is 0 Å². The number of hydrogen-bond acceptors (Lipinski definition) is 5. The molecule has 1 heterocycles. The van der Waals surface area contributed by atoms with Gasteiger partial charge in [0.15, 0.2) is 0 Å². The van der Waals surface area contributed by atoms with Gasteiger partial charge in [-0.15, -0.1) is 0 Å². The smallest absolute Gasteiger partial charge is 0.243 e. The monoisotopic (exact) mass is 652 g/mol. The van der Waals surface area contributed by atoms with Gasteiger partial charge in [-0.25, -0.2) is 17.2 Å². The molecule has 1 aliphatic rings. The van der Waals surface area contributed by atoms with Crippen LogP contribution in [0.1, 0.15) is 36.0 Å². The van der Waals surface area contributed by atoms with Crippen LogP contribution in [0.4, 0.5) is 14.5 Å². The number of rotatable bonds is 10. The Bertz CT molecular complexity index is 1740. The fourth-order valence-corrected chi connectivity index (χ4v) is 7.95. The summed E-state index contributed by atoms with van der Waals surface area (Å²) < 4.78 is 58.3. The molecule has 1 fully saturated rings. The van der Waals surface area contributed by atoms with Crippen LogP contribution in [0.3, 0.4) is 0 Å². The number of anilines is 1. The maximum atomic E-state index is 15.3.